The zero-order valence-electron chi connectivity index (χ0n) is 10.1. The van der Waals surface area contributed by atoms with Gasteiger partial charge < -0.3 is 9.84 Å². The number of benzene rings is 2. The van der Waals surface area contributed by atoms with Crippen molar-refractivity contribution in [2.24, 2.45) is 0 Å². The van der Waals surface area contributed by atoms with Crippen molar-refractivity contribution in [3.63, 3.8) is 0 Å². The van der Waals surface area contributed by atoms with Gasteiger partial charge in [-0.05, 0) is 30.7 Å². The standard InChI is InChI=1S/C15H14O3/c1-11(16)13-7-8-15(14(17)9-13)18-10-12-5-3-2-4-6-12/h2-9,17H,10H2,1H3. The Morgan fingerprint density at radius 3 is 2.50 bits per heavy atom. The van der Waals surface area contributed by atoms with Crippen LogP contribution in [0.3, 0.4) is 0 Å². The fraction of sp³-hybridized carbons (Fsp3) is 0.133. The summed E-state index contributed by atoms with van der Waals surface area (Å²) >= 11 is 0. The molecule has 0 aromatic heterocycles. The number of hydrogen-bond donors (Lipinski definition) is 1. The monoisotopic (exact) mass is 242 g/mol. The second-order valence-electron chi connectivity index (χ2n) is 4.01. The van der Waals surface area contributed by atoms with Gasteiger partial charge in [0.05, 0.1) is 0 Å². The molecule has 0 amide bonds. The van der Waals surface area contributed by atoms with Gasteiger partial charge in [0.15, 0.2) is 17.3 Å². The zero-order valence-corrected chi connectivity index (χ0v) is 10.1. The minimum atomic E-state index is -0.0834. The number of phenols is 1. The van der Waals surface area contributed by atoms with Gasteiger partial charge in [-0.1, -0.05) is 30.3 Å². The Morgan fingerprint density at radius 1 is 1.17 bits per heavy atom. The van der Waals surface area contributed by atoms with Crippen LogP contribution in [0.2, 0.25) is 0 Å². The minimum Gasteiger partial charge on any atom is -0.504 e. The molecule has 2 aromatic rings. The van der Waals surface area contributed by atoms with E-state index in [0.717, 1.165) is 5.56 Å². The number of rotatable bonds is 4. The van der Waals surface area contributed by atoms with E-state index in [1.807, 2.05) is 30.3 Å². The third kappa shape index (κ3) is 2.88. The van der Waals surface area contributed by atoms with Crippen LogP contribution in [0.25, 0.3) is 0 Å². The Kier molecular flexibility index (Phi) is 3.63. The largest absolute Gasteiger partial charge is 0.504 e. The molecular weight excluding hydrogens is 228 g/mol. The van der Waals surface area contributed by atoms with Crippen molar-refractivity contribution in [3.05, 3.63) is 59.7 Å². The summed E-state index contributed by atoms with van der Waals surface area (Å²) in [4.78, 5) is 11.1. The summed E-state index contributed by atoms with van der Waals surface area (Å²) in [5.41, 5.74) is 1.49. The van der Waals surface area contributed by atoms with Gasteiger partial charge in [-0.25, -0.2) is 0 Å². The summed E-state index contributed by atoms with van der Waals surface area (Å²) in [7, 11) is 0. The average molecular weight is 242 g/mol. The molecule has 3 heteroatoms. The lowest BCUT2D eigenvalue weighted by Gasteiger charge is -2.08. The van der Waals surface area contributed by atoms with E-state index in [1.54, 1.807) is 12.1 Å². The first-order valence-corrected chi connectivity index (χ1v) is 5.67. The summed E-state index contributed by atoms with van der Waals surface area (Å²) in [5, 5.41) is 9.74. The van der Waals surface area contributed by atoms with Gasteiger partial charge in [-0.3, -0.25) is 4.79 Å². The van der Waals surface area contributed by atoms with Crippen LogP contribution < -0.4 is 4.74 Å². The topological polar surface area (TPSA) is 46.5 Å². The molecule has 0 unspecified atom stereocenters. The van der Waals surface area contributed by atoms with Crippen LogP contribution >= 0.6 is 0 Å². The average Bonchev–Trinajstić information content (AvgIpc) is 2.38. The summed E-state index contributed by atoms with van der Waals surface area (Å²) in [6, 6.07) is 14.3. The molecule has 0 fully saturated rings. The van der Waals surface area contributed by atoms with Crippen molar-refractivity contribution >= 4 is 5.78 Å². The first kappa shape index (κ1) is 12.2. The molecule has 1 N–H and O–H groups in total. The van der Waals surface area contributed by atoms with E-state index in [1.165, 1.54) is 13.0 Å². The molecule has 92 valence electrons. The van der Waals surface area contributed by atoms with Crippen LogP contribution in [0, 0.1) is 0 Å². The molecule has 0 saturated heterocycles. The lowest BCUT2D eigenvalue weighted by molar-refractivity contribution is 0.101. The van der Waals surface area contributed by atoms with Gasteiger partial charge in [0.1, 0.15) is 6.61 Å². The predicted molar refractivity (Wildman–Crippen MR) is 68.9 cm³/mol. The number of hydrogen-bond acceptors (Lipinski definition) is 3. The molecule has 2 rings (SSSR count). The van der Waals surface area contributed by atoms with E-state index in [4.69, 9.17) is 4.74 Å². The Bertz CT molecular complexity index is 547. The molecule has 0 aliphatic heterocycles. The normalized spacial score (nSPS) is 10.1. The molecule has 0 radical (unpaired) electrons. The second kappa shape index (κ2) is 5.36. The smallest absolute Gasteiger partial charge is 0.161 e. The van der Waals surface area contributed by atoms with E-state index in [2.05, 4.69) is 0 Å². The first-order chi connectivity index (χ1) is 8.66. The van der Waals surface area contributed by atoms with Crippen LogP contribution in [0.4, 0.5) is 0 Å². The quantitative estimate of drug-likeness (QED) is 0.837. The molecule has 0 aliphatic rings. The highest BCUT2D eigenvalue weighted by molar-refractivity contribution is 5.94. The lowest BCUT2D eigenvalue weighted by atomic mass is 10.1. The molecule has 0 heterocycles. The molecule has 18 heavy (non-hydrogen) atoms. The molecular formula is C15H14O3. The Morgan fingerprint density at radius 2 is 1.89 bits per heavy atom. The zero-order chi connectivity index (χ0) is 13.0. The second-order valence-corrected chi connectivity index (χ2v) is 4.01. The van der Waals surface area contributed by atoms with Crippen LogP contribution in [-0.2, 0) is 6.61 Å². The number of carbonyl (C=O) groups excluding carboxylic acids is 1. The van der Waals surface area contributed by atoms with Crippen LogP contribution in [0.1, 0.15) is 22.8 Å². The van der Waals surface area contributed by atoms with Gasteiger partial charge in [-0.2, -0.15) is 0 Å². The molecule has 0 saturated carbocycles. The van der Waals surface area contributed by atoms with Crippen molar-refractivity contribution in [2.75, 3.05) is 0 Å². The third-order valence-electron chi connectivity index (χ3n) is 2.60. The maximum absolute atomic E-state index is 11.1. The fourth-order valence-electron chi connectivity index (χ4n) is 1.59. The number of ether oxygens (including phenoxy) is 1. The molecule has 0 spiro atoms. The highest BCUT2D eigenvalue weighted by Gasteiger charge is 2.06. The van der Waals surface area contributed by atoms with Crippen LogP contribution in [-0.4, -0.2) is 10.9 Å². The van der Waals surface area contributed by atoms with E-state index in [0.29, 0.717) is 17.9 Å². The maximum atomic E-state index is 11.1. The Labute approximate surface area is 106 Å². The van der Waals surface area contributed by atoms with E-state index in [-0.39, 0.29) is 11.5 Å². The van der Waals surface area contributed by atoms with Gasteiger partial charge in [0, 0.05) is 5.56 Å². The predicted octanol–water partition coefficient (Wildman–Crippen LogP) is 3.17. The highest BCUT2D eigenvalue weighted by Crippen LogP contribution is 2.27. The SMILES string of the molecule is CC(=O)c1ccc(OCc2ccccc2)c(O)c1. The van der Waals surface area contributed by atoms with Crippen LogP contribution in [0.5, 0.6) is 11.5 Å². The van der Waals surface area contributed by atoms with E-state index >= 15 is 0 Å². The van der Waals surface area contributed by atoms with Crippen molar-refractivity contribution in [1.82, 2.24) is 0 Å². The number of Topliss-reactive ketones (excluding diaryl/α,β-unsaturated/α-hetero) is 1. The highest BCUT2D eigenvalue weighted by atomic mass is 16.5. The van der Waals surface area contributed by atoms with Gasteiger partial charge in [0.25, 0.3) is 0 Å². The summed E-state index contributed by atoms with van der Waals surface area (Å²) in [6.45, 7) is 1.84. The Balaban J connectivity index is 2.08. The number of aromatic hydroxyl groups is 1. The summed E-state index contributed by atoms with van der Waals surface area (Å²) < 4.78 is 5.50. The molecule has 0 bridgehead atoms. The van der Waals surface area contributed by atoms with Gasteiger partial charge in [0.2, 0.25) is 0 Å². The van der Waals surface area contributed by atoms with E-state index in [9.17, 15) is 9.90 Å². The lowest BCUT2D eigenvalue weighted by Crippen LogP contribution is -1.97. The number of phenolic OH excluding ortho intramolecular Hbond substituents is 1. The number of ketones is 1. The molecule has 2 aromatic carbocycles. The van der Waals surface area contributed by atoms with Gasteiger partial charge >= 0.3 is 0 Å². The minimum absolute atomic E-state index is 0.0152. The summed E-state index contributed by atoms with van der Waals surface area (Å²) in [6.07, 6.45) is 0. The Hall–Kier alpha value is -2.29. The molecule has 0 atom stereocenters. The molecule has 3 nitrogen and oxygen atoms in total. The van der Waals surface area contributed by atoms with Crippen molar-refractivity contribution < 1.29 is 14.6 Å². The first-order valence-electron chi connectivity index (χ1n) is 5.67. The molecule has 0 aliphatic carbocycles. The third-order valence-corrected chi connectivity index (χ3v) is 2.60. The maximum Gasteiger partial charge on any atom is 0.161 e. The van der Waals surface area contributed by atoms with Crippen molar-refractivity contribution in [3.8, 4) is 11.5 Å². The van der Waals surface area contributed by atoms with Crippen molar-refractivity contribution in [2.45, 2.75) is 13.5 Å². The van der Waals surface area contributed by atoms with E-state index < -0.39 is 0 Å². The number of carbonyl (C=O) groups is 1. The van der Waals surface area contributed by atoms with Crippen molar-refractivity contribution in [1.29, 1.82) is 0 Å². The fourth-order valence-corrected chi connectivity index (χ4v) is 1.59. The van der Waals surface area contributed by atoms with Gasteiger partial charge in [-0.15, -0.1) is 0 Å². The van der Waals surface area contributed by atoms with Crippen LogP contribution in [0.15, 0.2) is 48.5 Å². The summed E-state index contributed by atoms with van der Waals surface area (Å²) in [5.74, 6) is 0.280.